The minimum Gasteiger partial charge on any atom is -0.508 e. The molecule has 0 spiro atoms. The number of rotatable bonds is 1. The Bertz CT molecular complexity index is 787. The summed E-state index contributed by atoms with van der Waals surface area (Å²) >= 11 is 1.38. The third-order valence-corrected chi connectivity index (χ3v) is 4.15. The normalized spacial score (nSPS) is 10.5. The van der Waals surface area contributed by atoms with Crippen LogP contribution in [-0.4, -0.2) is 9.48 Å². The Balaban J connectivity index is 0.000000154. The lowest BCUT2D eigenvalue weighted by atomic mass is 10.0. The smallest absolute Gasteiger partial charge is 0.265 e. The van der Waals surface area contributed by atoms with E-state index in [-0.39, 0.29) is 5.56 Å². The quantitative estimate of drug-likeness (QED) is 0.699. The van der Waals surface area contributed by atoms with Crippen LogP contribution in [0.15, 0.2) is 47.3 Å². The molecule has 3 nitrogen and oxygen atoms in total. The van der Waals surface area contributed by atoms with Crippen LogP contribution in [0.1, 0.15) is 30.9 Å². The fraction of sp³-hybridized carbons (Fsp3) is 0.235. The average molecular weight is 301 g/mol. The van der Waals surface area contributed by atoms with E-state index in [2.05, 4.69) is 24.3 Å². The minimum atomic E-state index is 0.0144. The second-order valence-electron chi connectivity index (χ2n) is 5.23. The van der Waals surface area contributed by atoms with Gasteiger partial charge in [-0.05, 0) is 42.2 Å². The molecule has 0 amide bonds. The van der Waals surface area contributed by atoms with Crippen molar-refractivity contribution in [1.29, 1.82) is 0 Å². The Morgan fingerprint density at radius 3 is 2.48 bits per heavy atom. The molecule has 0 aliphatic rings. The first-order chi connectivity index (χ1) is 9.99. The Kier molecular flexibility index (Phi) is 4.81. The number of hydrogen-bond acceptors (Lipinski definition) is 3. The van der Waals surface area contributed by atoms with E-state index < -0.39 is 0 Å². The topological polar surface area (TPSA) is 53.1 Å². The first-order valence-corrected chi connectivity index (χ1v) is 7.66. The van der Waals surface area contributed by atoms with Crippen LogP contribution in [0.25, 0.3) is 10.1 Å². The molecule has 0 saturated carbocycles. The third-order valence-electron chi connectivity index (χ3n) is 3.29. The van der Waals surface area contributed by atoms with Crippen molar-refractivity contribution in [2.75, 3.05) is 0 Å². The van der Waals surface area contributed by atoms with Crippen LogP contribution in [0.2, 0.25) is 0 Å². The molecule has 3 rings (SSSR count). The highest BCUT2D eigenvalue weighted by atomic mass is 32.1. The molecule has 2 N–H and O–H groups in total. The van der Waals surface area contributed by atoms with E-state index in [0.29, 0.717) is 11.7 Å². The molecule has 0 saturated heterocycles. The van der Waals surface area contributed by atoms with Gasteiger partial charge in [-0.15, -0.1) is 0 Å². The van der Waals surface area contributed by atoms with E-state index >= 15 is 0 Å². The molecule has 1 aromatic heterocycles. The maximum atomic E-state index is 10.9. The number of aromatic amines is 1. The number of aryl methyl sites for hydroxylation is 1. The maximum Gasteiger partial charge on any atom is 0.265 e. The van der Waals surface area contributed by atoms with E-state index in [4.69, 9.17) is 0 Å². The van der Waals surface area contributed by atoms with E-state index in [1.54, 1.807) is 0 Å². The second-order valence-corrected chi connectivity index (χ2v) is 6.08. The van der Waals surface area contributed by atoms with E-state index in [0.717, 1.165) is 15.6 Å². The van der Waals surface area contributed by atoms with Crippen LogP contribution in [0.3, 0.4) is 0 Å². The number of benzene rings is 2. The monoisotopic (exact) mass is 301 g/mol. The number of H-pyrrole nitrogens is 1. The zero-order valence-corrected chi connectivity index (χ0v) is 13.2. The van der Waals surface area contributed by atoms with Crippen molar-refractivity contribution in [2.45, 2.75) is 26.7 Å². The van der Waals surface area contributed by atoms with Crippen molar-refractivity contribution >= 4 is 21.6 Å². The number of aromatic nitrogens is 1. The molecule has 4 heteroatoms. The lowest BCUT2D eigenvalue weighted by molar-refractivity contribution is 0.470. The van der Waals surface area contributed by atoms with Gasteiger partial charge in [0.15, 0.2) is 0 Å². The third kappa shape index (κ3) is 3.73. The zero-order valence-electron chi connectivity index (χ0n) is 12.4. The molecule has 3 aromatic rings. The predicted molar refractivity (Wildman–Crippen MR) is 89.4 cm³/mol. The van der Waals surface area contributed by atoms with E-state index in [1.165, 1.54) is 17.1 Å². The summed E-state index contributed by atoms with van der Waals surface area (Å²) in [7, 11) is 0. The van der Waals surface area contributed by atoms with Gasteiger partial charge in [0.2, 0.25) is 0 Å². The standard InChI is InChI=1S/C10H14O.C7H5NOS/c1-7(2)9-5-4-8(3)10(11)6-9;9-7-5-3-1-2-4-6(5)10-8-7/h4-7,11H,1-3H3;1-4H,(H,8,9). The summed E-state index contributed by atoms with van der Waals surface area (Å²) in [5, 5.41) is 10.1. The summed E-state index contributed by atoms with van der Waals surface area (Å²) < 4.78 is 3.68. The molecule has 1 heterocycles. The van der Waals surface area contributed by atoms with Gasteiger partial charge in [0, 0.05) is 0 Å². The fourth-order valence-corrected chi connectivity index (χ4v) is 2.61. The van der Waals surface area contributed by atoms with Crippen molar-refractivity contribution in [2.24, 2.45) is 0 Å². The van der Waals surface area contributed by atoms with Gasteiger partial charge in [0.25, 0.3) is 5.56 Å². The van der Waals surface area contributed by atoms with Crippen LogP contribution in [0, 0.1) is 6.92 Å². The van der Waals surface area contributed by atoms with E-state index in [1.807, 2.05) is 43.3 Å². The molecule has 0 aliphatic carbocycles. The highest BCUT2D eigenvalue weighted by Gasteiger charge is 2.01. The Hall–Kier alpha value is -2.07. The van der Waals surface area contributed by atoms with Crippen molar-refractivity contribution < 1.29 is 5.11 Å². The summed E-state index contributed by atoms with van der Waals surface area (Å²) in [5.74, 6) is 0.887. The van der Waals surface area contributed by atoms with Gasteiger partial charge >= 0.3 is 0 Å². The average Bonchev–Trinajstić information content (AvgIpc) is 2.85. The molecule has 110 valence electrons. The van der Waals surface area contributed by atoms with Gasteiger partial charge in [0.05, 0.1) is 10.1 Å². The van der Waals surface area contributed by atoms with Crippen LogP contribution in [0.4, 0.5) is 0 Å². The first kappa shape index (κ1) is 15.3. The van der Waals surface area contributed by atoms with Crippen LogP contribution < -0.4 is 5.56 Å². The first-order valence-electron chi connectivity index (χ1n) is 6.84. The number of phenolic OH excluding ortho intramolecular Hbond substituents is 1. The van der Waals surface area contributed by atoms with Gasteiger partial charge < -0.3 is 5.11 Å². The van der Waals surface area contributed by atoms with Crippen molar-refractivity contribution in [3.8, 4) is 5.75 Å². The SMILES string of the molecule is Cc1ccc(C(C)C)cc1O.O=c1[nH]sc2ccccc12. The van der Waals surface area contributed by atoms with Gasteiger partial charge in [0.1, 0.15) is 5.75 Å². The summed E-state index contributed by atoms with van der Waals surface area (Å²) in [5.41, 5.74) is 2.14. The Labute approximate surface area is 128 Å². The molecule has 0 unspecified atom stereocenters. The lowest BCUT2D eigenvalue weighted by Crippen LogP contribution is -1.94. The summed E-state index contributed by atoms with van der Waals surface area (Å²) in [6.45, 7) is 6.13. The second kappa shape index (κ2) is 6.59. The van der Waals surface area contributed by atoms with Crippen molar-refractivity contribution in [3.63, 3.8) is 0 Å². The maximum absolute atomic E-state index is 10.9. The molecule has 0 radical (unpaired) electrons. The lowest BCUT2D eigenvalue weighted by Gasteiger charge is -2.06. The molecule has 0 aliphatic heterocycles. The largest absolute Gasteiger partial charge is 0.508 e. The van der Waals surface area contributed by atoms with Gasteiger partial charge in [-0.3, -0.25) is 9.17 Å². The fourth-order valence-electron chi connectivity index (χ4n) is 1.89. The molecule has 21 heavy (non-hydrogen) atoms. The highest BCUT2D eigenvalue weighted by molar-refractivity contribution is 7.13. The van der Waals surface area contributed by atoms with Gasteiger partial charge in [-0.25, -0.2) is 0 Å². The molecular formula is C17H19NO2S. The molecule has 0 atom stereocenters. The summed E-state index contributed by atoms with van der Waals surface area (Å²) in [6, 6.07) is 13.4. The highest BCUT2D eigenvalue weighted by Crippen LogP contribution is 2.22. The predicted octanol–water partition coefficient (Wildman–Crippen LogP) is 4.41. The summed E-state index contributed by atoms with van der Waals surface area (Å²) in [6.07, 6.45) is 0. The van der Waals surface area contributed by atoms with E-state index in [9.17, 15) is 9.90 Å². The zero-order chi connectivity index (χ0) is 15.4. The molecule has 2 aromatic carbocycles. The molecule has 0 fully saturated rings. The number of hydrogen-bond donors (Lipinski definition) is 2. The molecular weight excluding hydrogens is 282 g/mol. The van der Waals surface area contributed by atoms with Crippen LogP contribution >= 0.6 is 11.5 Å². The Morgan fingerprint density at radius 2 is 1.86 bits per heavy atom. The van der Waals surface area contributed by atoms with Gasteiger partial charge in [-0.2, -0.15) is 0 Å². The Morgan fingerprint density at radius 1 is 1.14 bits per heavy atom. The number of nitrogens with one attached hydrogen (secondary N) is 1. The van der Waals surface area contributed by atoms with Crippen molar-refractivity contribution in [3.05, 3.63) is 63.9 Å². The summed E-state index contributed by atoms with van der Waals surface area (Å²) in [4.78, 5) is 10.9. The number of aromatic hydroxyl groups is 1. The number of phenols is 1. The molecule has 0 bridgehead atoms. The minimum absolute atomic E-state index is 0.0144. The van der Waals surface area contributed by atoms with Crippen LogP contribution in [0.5, 0.6) is 5.75 Å². The van der Waals surface area contributed by atoms with Crippen LogP contribution in [-0.2, 0) is 0 Å². The number of fused-ring (bicyclic) bond motifs is 1. The van der Waals surface area contributed by atoms with Gasteiger partial charge in [-0.1, -0.05) is 49.6 Å². The van der Waals surface area contributed by atoms with Crippen molar-refractivity contribution in [1.82, 2.24) is 4.37 Å².